The molecule has 0 aliphatic carbocycles. The van der Waals surface area contributed by atoms with Gasteiger partial charge in [0, 0.05) is 6.20 Å². The van der Waals surface area contributed by atoms with Crippen LogP contribution in [0.25, 0.3) is 11.6 Å². The Hall–Kier alpha value is -3.89. The molecule has 0 radical (unpaired) electrons. The molecule has 6 rings (SSSR count). The third-order valence-corrected chi connectivity index (χ3v) is 16.2. The van der Waals surface area contributed by atoms with Crippen molar-refractivity contribution in [3.63, 3.8) is 0 Å². The first-order chi connectivity index (χ1) is 22.5. The number of hydrogen-bond donors (Lipinski definition) is 1. The predicted octanol–water partition coefficient (Wildman–Crippen LogP) is 6.32. The Balaban J connectivity index is 1.33. The summed E-state index contributed by atoms with van der Waals surface area (Å²) in [5.41, 5.74) is 3.79. The number of ether oxygens (including phenoxy) is 1. The summed E-state index contributed by atoms with van der Waals surface area (Å²) in [5.74, 6) is -1.15. The lowest BCUT2D eigenvalue weighted by Gasteiger charge is -2.43. The number of pyridine rings is 1. The first kappa shape index (κ1) is 33.0. The highest BCUT2D eigenvalue weighted by Gasteiger charge is 2.52. The average Bonchev–Trinajstić information content (AvgIpc) is 3.60. The van der Waals surface area contributed by atoms with E-state index in [4.69, 9.17) is 9.16 Å². The van der Waals surface area contributed by atoms with E-state index in [-0.39, 0.29) is 24.0 Å². The number of benzene rings is 3. The highest BCUT2D eigenvalue weighted by atomic mass is 32.2. The van der Waals surface area contributed by atoms with Crippen molar-refractivity contribution in [3.05, 3.63) is 131 Å². The van der Waals surface area contributed by atoms with Crippen molar-refractivity contribution in [2.24, 2.45) is 0 Å². The Morgan fingerprint density at radius 1 is 1.00 bits per heavy atom. The summed E-state index contributed by atoms with van der Waals surface area (Å²) in [6.07, 6.45) is 4.19. The van der Waals surface area contributed by atoms with Crippen molar-refractivity contribution < 1.29 is 27.1 Å². The van der Waals surface area contributed by atoms with E-state index in [1.807, 2.05) is 60.7 Å². The fraction of sp³-hybridized carbons (Fsp3) is 0.289. The van der Waals surface area contributed by atoms with Crippen LogP contribution in [0, 0.1) is 5.82 Å². The highest BCUT2D eigenvalue weighted by Crippen LogP contribution is 2.42. The molecule has 1 N–H and O–H groups in total. The van der Waals surface area contributed by atoms with Gasteiger partial charge in [0.1, 0.15) is 5.25 Å². The molecule has 1 saturated heterocycles. The van der Waals surface area contributed by atoms with Gasteiger partial charge in [0.25, 0.3) is 8.32 Å². The van der Waals surface area contributed by atoms with Gasteiger partial charge in [-0.15, -0.1) is 0 Å². The van der Waals surface area contributed by atoms with Gasteiger partial charge in [-0.05, 0) is 80.9 Å². The quantitative estimate of drug-likeness (QED) is 0.157. The molecule has 2 atom stereocenters. The number of phenols is 1. The molecule has 1 aromatic heterocycles. The fourth-order valence-corrected chi connectivity index (χ4v) is 13.5. The number of nitrogens with zero attached hydrogens (tertiary/aromatic N) is 1. The molecule has 2 aliphatic heterocycles. The van der Waals surface area contributed by atoms with E-state index in [9.17, 15) is 17.9 Å². The minimum Gasteiger partial charge on any atom is -0.505 e. The average molecular weight is 670 g/mol. The maximum Gasteiger partial charge on any atom is 0.261 e. The number of aromatic nitrogens is 1. The molecule has 244 valence electrons. The molecule has 0 amide bonds. The van der Waals surface area contributed by atoms with Gasteiger partial charge in [0.15, 0.2) is 21.4 Å². The second-order valence-corrected chi connectivity index (χ2v) is 19.8. The smallest absolute Gasteiger partial charge is 0.261 e. The molecule has 6 nitrogen and oxygen atoms in total. The van der Waals surface area contributed by atoms with Gasteiger partial charge < -0.3 is 14.3 Å². The van der Waals surface area contributed by atoms with Crippen molar-refractivity contribution in [2.45, 2.75) is 50.0 Å². The van der Waals surface area contributed by atoms with Gasteiger partial charge in [-0.25, -0.2) is 12.8 Å². The number of rotatable bonds is 10. The minimum atomic E-state index is -3.44. The number of sulfone groups is 1. The normalized spacial score (nSPS) is 19.6. The number of fused-ring (bicyclic) bond motifs is 1. The number of hydrogen-bond acceptors (Lipinski definition) is 6. The summed E-state index contributed by atoms with van der Waals surface area (Å²) in [5, 5.41) is 11.0. The molecule has 0 unspecified atom stereocenters. The Morgan fingerprint density at radius 3 is 2.26 bits per heavy atom. The van der Waals surface area contributed by atoms with Crippen LogP contribution in [0.2, 0.25) is 5.04 Å². The van der Waals surface area contributed by atoms with Crippen molar-refractivity contribution in [1.29, 1.82) is 0 Å². The molecule has 2 aliphatic rings. The summed E-state index contributed by atoms with van der Waals surface area (Å²) in [6.45, 7) is 6.94. The van der Waals surface area contributed by atoms with Crippen LogP contribution in [0.3, 0.4) is 0 Å². The molecule has 9 heteroatoms. The third kappa shape index (κ3) is 6.63. The molecule has 1 fully saturated rings. The van der Waals surface area contributed by atoms with E-state index in [0.717, 1.165) is 32.8 Å². The van der Waals surface area contributed by atoms with Gasteiger partial charge in [0.05, 0.1) is 30.8 Å². The number of phenolic OH excluding ortho intramolecular Hbond substituents is 1. The van der Waals surface area contributed by atoms with E-state index < -0.39 is 41.1 Å². The van der Waals surface area contributed by atoms with E-state index in [1.165, 1.54) is 12.1 Å². The number of aromatic hydroxyl groups is 1. The van der Waals surface area contributed by atoms with Crippen molar-refractivity contribution in [2.75, 3.05) is 19.0 Å². The first-order valence-corrected chi connectivity index (χ1v) is 19.5. The molecule has 0 bridgehead atoms. The van der Waals surface area contributed by atoms with Crippen LogP contribution in [0.15, 0.2) is 114 Å². The zero-order valence-electron chi connectivity index (χ0n) is 26.9. The largest absolute Gasteiger partial charge is 0.505 e. The van der Waals surface area contributed by atoms with Crippen LogP contribution in [-0.2, 0) is 19.0 Å². The highest BCUT2D eigenvalue weighted by molar-refractivity contribution is 7.92. The Bertz CT molecular complexity index is 1850. The summed E-state index contributed by atoms with van der Waals surface area (Å²) >= 11 is 0. The van der Waals surface area contributed by atoms with Gasteiger partial charge in [-0.1, -0.05) is 93.6 Å². The molecule has 0 spiro atoms. The molecule has 47 heavy (non-hydrogen) atoms. The Kier molecular flexibility index (Phi) is 9.35. The van der Waals surface area contributed by atoms with Crippen LogP contribution in [0.1, 0.15) is 44.9 Å². The number of halogens is 1. The SMILES string of the molecule is CC(C)(C)[Si](OCC1=C2[C@@H](CC/C(=C/c3ccc(O)c(F)c3)c3ccccn3)OC[C@@H]2S(=O)(=O)C1)(c1ccccc1)c1ccccc1. The Labute approximate surface area is 277 Å². The fourth-order valence-electron chi connectivity index (χ4n) is 7.02. The zero-order chi connectivity index (χ0) is 33.2. The number of allylic oxidation sites excluding steroid dienone is 1. The second kappa shape index (κ2) is 13.3. The second-order valence-electron chi connectivity index (χ2n) is 13.3. The van der Waals surface area contributed by atoms with Gasteiger partial charge >= 0.3 is 0 Å². The lowest BCUT2D eigenvalue weighted by molar-refractivity contribution is 0.118. The topological polar surface area (TPSA) is 85.7 Å². The van der Waals surface area contributed by atoms with Gasteiger partial charge in [-0.3, -0.25) is 4.98 Å². The lowest BCUT2D eigenvalue weighted by atomic mass is 9.95. The molecule has 3 heterocycles. The van der Waals surface area contributed by atoms with E-state index in [2.05, 4.69) is 50.0 Å². The van der Waals surface area contributed by atoms with E-state index in [0.29, 0.717) is 18.4 Å². The van der Waals surface area contributed by atoms with Gasteiger partial charge in [0.2, 0.25) is 0 Å². The maximum atomic E-state index is 14.2. The third-order valence-electron chi connectivity index (χ3n) is 9.22. The first-order valence-electron chi connectivity index (χ1n) is 15.9. The van der Waals surface area contributed by atoms with Crippen LogP contribution >= 0.6 is 0 Å². The van der Waals surface area contributed by atoms with Gasteiger partial charge in [-0.2, -0.15) is 0 Å². The zero-order valence-corrected chi connectivity index (χ0v) is 28.7. The summed E-state index contributed by atoms with van der Waals surface area (Å²) in [4.78, 5) is 4.53. The minimum absolute atomic E-state index is 0.0409. The van der Waals surface area contributed by atoms with Crippen LogP contribution in [-0.4, -0.2) is 57.1 Å². The van der Waals surface area contributed by atoms with Crippen molar-refractivity contribution in [3.8, 4) is 5.75 Å². The molecule has 0 saturated carbocycles. The summed E-state index contributed by atoms with van der Waals surface area (Å²) in [7, 11) is -6.34. The van der Waals surface area contributed by atoms with Crippen molar-refractivity contribution >= 4 is 40.2 Å². The van der Waals surface area contributed by atoms with Crippen LogP contribution < -0.4 is 10.4 Å². The predicted molar refractivity (Wildman–Crippen MR) is 187 cm³/mol. The standard InChI is InChI=1S/C38H40FNO5SSi/c1-38(2,3)47(30-12-6-4-7-13-30,31-14-8-5-9-15-31)45-24-29-26-46(42,43)36-25-44-35(37(29)36)20-18-28(33-16-10-11-21-40-33)22-27-17-19-34(41)32(39)23-27/h4-17,19,21-23,35-36,41H,18,20,24-26H2,1-3H3/b28-22-/t35-,36+/m1/s1. The molecular weight excluding hydrogens is 630 g/mol. The lowest BCUT2D eigenvalue weighted by Crippen LogP contribution is -2.66. The van der Waals surface area contributed by atoms with E-state index >= 15 is 0 Å². The molecule has 4 aromatic rings. The van der Waals surface area contributed by atoms with Crippen molar-refractivity contribution in [1.82, 2.24) is 4.98 Å². The van der Waals surface area contributed by atoms with Crippen LogP contribution in [0.4, 0.5) is 4.39 Å². The summed E-state index contributed by atoms with van der Waals surface area (Å²) in [6, 6.07) is 30.5. The molecular formula is C38H40FNO5SSi. The van der Waals surface area contributed by atoms with E-state index in [1.54, 1.807) is 12.3 Å². The van der Waals surface area contributed by atoms with Crippen LogP contribution in [0.5, 0.6) is 5.75 Å². The monoisotopic (exact) mass is 669 g/mol. The maximum absolute atomic E-state index is 14.2. The Morgan fingerprint density at radius 2 is 1.66 bits per heavy atom. The molecule has 3 aromatic carbocycles. The summed E-state index contributed by atoms with van der Waals surface area (Å²) < 4.78 is 54.5.